The molecule has 8 rings (SSSR count). The number of nitrogens with zero attached hydrogens (tertiary/aromatic N) is 1. The number of benzene rings is 5. The van der Waals surface area contributed by atoms with E-state index in [0.717, 1.165) is 13.0 Å². The highest BCUT2D eigenvalue weighted by Gasteiger charge is 2.28. The Bertz CT molecular complexity index is 1920. The number of hydrogen-bond acceptors (Lipinski definition) is 1. The SMILES string of the molecule is C1=CCNC(c2ccc3c4c5c(c(-c6ccccc6)cc4n(-c4ccccc4)c3c2)-c2ccccc2C5)=C1. The minimum atomic E-state index is 0.859. The van der Waals surface area contributed by atoms with Gasteiger partial charge < -0.3 is 9.88 Å². The molecule has 0 radical (unpaired) electrons. The third kappa shape index (κ3) is 3.13. The predicted octanol–water partition coefficient (Wildman–Crippen LogP) is 8.52. The Morgan fingerprint density at radius 1 is 0.658 bits per heavy atom. The van der Waals surface area contributed by atoms with Crippen LogP contribution in [0.3, 0.4) is 0 Å². The van der Waals surface area contributed by atoms with E-state index in [1.165, 1.54) is 72.1 Å². The molecule has 2 nitrogen and oxygen atoms in total. The molecule has 1 aliphatic heterocycles. The number of aromatic nitrogens is 1. The van der Waals surface area contributed by atoms with Crippen LogP contribution in [0.1, 0.15) is 16.7 Å². The largest absolute Gasteiger partial charge is 0.381 e. The summed E-state index contributed by atoms with van der Waals surface area (Å²) in [4.78, 5) is 0. The van der Waals surface area contributed by atoms with E-state index >= 15 is 0 Å². The van der Waals surface area contributed by atoms with Crippen molar-refractivity contribution >= 4 is 27.5 Å². The quantitative estimate of drug-likeness (QED) is 0.265. The Hall–Kier alpha value is -4.82. The number of hydrogen-bond donors (Lipinski definition) is 1. The second-order valence-corrected chi connectivity index (χ2v) is 10.2. The predicted molar refractivity (Wildman–Crippen MR) is 160 cm³/mol. The van der Waals surface area contributed by atoms with E-state index in [-0.39, 0.29) is 0 Å². The number of fused-ring (bicyclic) bond motifs is 7. The molecule has 0 amide bonds. The second-order valence-electron chi connectivity index (χ2n) is 10.2. The molecule has 6 aromatic rings. The maximum Gasteiger partial charge on any atom is 0.0550 e. The van der Waals surface area contributed by atoms with E-state index in [1.54, 1.807) is 0 Å². The van der Waals surface area contributed by atoms with Gasteiger partial charge in [0.05, 0.1) is 11.0 Å². The molecule has 0 spiro atoms. The highest BCUT2D eigenvalue weighted by molar-refractivity contribution is 6.16. The molecule has 0 bridgehead atoms. The third-order valence-corrected chi connectivity index (χ3v) is 8.03. The van der Waals surface area contributed by atoms with Gasteiger partial charge in [0.15, 0.2) is 0 Å². The summed E-state index contributed by atoms with van der Waals surface area (Å²) in [6, 6.07) is 40.0. The molecule has 1 aromatic heterocycles. The maximum absolute atomic E-state index is 3.54. The van der Waals surface area contributed by atoms with Gasteiger partial charge in [-0.15, -0.1) is 0 Å². The van der Waals surface area contributed by atoms with E-state index in [4.69, 9.17) is 0 Å². The monoisotopic (exact) mass is 486 g/mol. The van der Waals surface area contributed by atoms with Crippen molar-refractivity contribution < 1.29 is 0 Å². The summed E-state index contributed by atoms with van der Waals surface area (Å²) in [5.41, 5.74) is 14.2. The molecule has 0 atom stereocenters. The fraction of sp³-hybridized carbons (Fsp3) is 0.0556. The zero-order chi connectivity index (χ0) is 25.1. The van der Waals surface area contributed by atoms with Gasteiger partial charge in [0.1, 0.15) is 0 Å². The van der Waals surface area contributed by atoms with Gasteiger partial charge in [0.25, 0.3) is 0 Å². The topological polar surface area (TPSA) is 17.0 Å². The van der Waals surface area contributed by atoms with Crippen LogP contribution in [0.4, 0.5) is 0 Å². The van der Waals surface area contributed by atoms with Gasteiger partial charge in [0.2, 0.25) is 0 Å². The minimum Gasteiger partial charge on any atom is -0.381 e. The molecule has 2 heterocycles. The van der Waals surface area contributed by atoms with Crippen molar-refractivity contribution in [2.75, 3.05) is 6.54 Å². The van der Waals surface area contributed by atoms with E-state index < -0.39 is 0 Å². The van der Waals surface area contributed by atoms with E-state index in [2.05, 4.69) is 137 Å². The fourth-order valence-corrected chi connectivity index (χ4v) is 6.38. The van der Waals surface area contributed by atoms with E-state index in [9.17, 15) is 0 Å². The lowest BCUT2D eigenvalue weighted by atomic mass is 9.91. The average molecular weight is 487 g/mol. The highest BCUT2D eigenvalue weighted by atomic mass is 15.0. The van der Waals surface area contributed by atoms with Crippen molar-refractivity contribution in [3.63, 3.8) is 0 Å². The van der Waals surface area contributed by atoms with Crippen molar-refractivity contribution in [1.82, 2.24) is 9.88 Å². The second kappa shape index (κ2) is 8.36. The van der Waals surface area contributed by atoms with Gasteiger partial charge in [0, 0.05) is 28.7 Å². The van der Waals surface area contributed by atoms with Gasteiger partial charge in [-0.3, -0.25) is 0 Å². The van der Waals surface area contributed by atoms with Crippen LogP contribution in [0.2, 0.25) is 0 Å². The first kappa shape index (κ1) is 21.3. The summed E-state index contributed by atoms with van der Waals surface area (Å²) in [6.45, 7) is 0.859. The zero-order valence-electron chi connectivity index (χ0n) is 21.0. The molecule has 5 aromatic carbocycles. The molecule has 2 aliphatic rings. The summed E-state index contributed by atoms with van der Waals surface area (Å²) >= 11 is 0. The summed E-state index contributed by atoms with van der Waals surface area (Å²) in [5.74, 6) is 0. The number of para-hydroxylation sites is 1. The molecular formula is C36H26N2. The van der Waals surface area contributed by atoms with Crippen molar-refractivity contribution in [3.05, 3.63) is 144 Å². The summed E-state index contributed by atoms with van der Waals surface area (Å²) < 4.78 is 2.46. The van der Waals surface area contributed by atoms with Crippen molar-refractivity contribution in [1.29, 1.82) is 0 Å². The van der Waals surface area contributed by atoms with Gasteiger partial charge in [-0.05, 0) is 75.7 Å². The van der Waals surface area contributed by atoms with Crippen LogP contribution in [-0.4, -0.2) is 11.1 Å². The van der Waals surface area contributed by atoms with Crippen LogP contribution >= 0.6 is 0 Å². The van der Waals surface area contributed by atoms with Gasteiger partial charge >= 0.3 is 0 Å². The lowest BCUT2D eigenvalue weighted by Crippen LogP contribution is -2.14. The van der Waals surface area contributed by atoms with Crippen LogP contribution in [0.5, 0.6) is 0 Å². The minimum absolute atomic E-state index is 0.859. The maximum atomic E-state index is 3.54. The first-order valence-corrected chi connectivity index (χ1v) is 13.3. The Balaban J connectivity index is 1.53. The summed E-state index contributed by atoms with van der Waals surface area (Å²) in [6.07, 6.45) is 7.41. The molecule has 2 heteroatoms. The molecule has 0 saturated heterocycles. The Morgan fingerprint density at radius 2 is 1.45 bits per heavy atom. The highest BCUT2D eigenvalue weighted by Crippen LogP contribution is 2.49. The van der Waals surface area contributed by atoms with Crippen LogP contribution in [-0.2, 0) is 6.42 Å². The van der Waals surface area contributed by atoms with Crippen molar-refractivity contribution in [2.45, 2.75) is 6.42 Å². The number of allylic oxidation sites excluding steroid dienone is 2. The third-order valence-electron chi connectivity index (χ3n) is 8.03. The van der Waals surface area contributed by atoms with Gasteiger partial charge in [-0.25, -0.2) is 0 Å². The first-order valence-electron chi connectivity index (χ1n) is 13.3. The molecular weight excluding hydrogens is 460 g/mol. The van der Waals surface area contributed by atoms with Crippen LogP contribution in [0.15, 0.2) is 127 Å². The molecule has 0 saturated carbocycles. The number of rotatable bonds is 3. The van der Waals surface area contributed by atoms with E-state index in [1.807, 2.05) is 0 Å². The lowest BCUT2D eigenvalue weighted by Gasteiger charge is -2.14. The Kier molecular flexibility index (Phi) is 4.68. The van der Waals surface area contributed by atoms with Crippen molar-refractivity contribution in [3.8, 4) is 27.9 Å². The standard InChI is InChI=1S/C36H26N2/c1-3-11-24(12-4-1)30-23-34-36(31-21-25-13-7-8-16-28(25)35(30)31)29-19-18-26(32-17-9-10-20-37-32)22-33(29)38(34)27-14-5-2-6-15-27/h1-19,22-23,37H,20-21H2. The fourth-order valence-electron chi connectivity index (χ4n) is 6.38. The van der Waals surface area contributed by atoms with E-state index in [0.29, 0.717) is 0 Å². The van der Waals surface area contributed by atoms with Crippen LogP contribution < -0.4 is 5.32 Å². The lowest BCUT2D eigenvalue weighted by molar-refractivity contribution is 0.996. The Morgan fingerprint density at radius 3 is 2.26 bits per heavy atom. The normalized spacial score (nSPS) is 13.8. The van der Waals surface area contributed by atoms with Crippen LogP contribution in [0.25, 0.3) is 55.4 Å². The number of dihydropyridines is 1. The average Bonchev–Trinajstić information content (AvgIpc) is 3.53. The summed E-state index contributed by atoms with van der Waals surface area (Å²) in [7, 11) is 0. The molecule has 0 fully saturated rings. The number of nitrogens with one attached hydrogen (secondary N) is 1. The van der Waals surface area contributed by atoms with Crippen LogP contribution in [0, 0.1) is 0 Å². The molecule has 38 heavy (non-hydrogen) atoms. The smallest absolute Gasteiger partial charge is 0.0550 e. The molecule has 180 valence electrons. The van der Waals surface area contributed by atoms with Crippen molar-refractivity contribution in [2.24, 2.45) is 0 Å². The molecule has 1 N–H and O–H groups in total. The summed E-state index contributed by atoms with van der Waals surface area (Å²) in [5, 5.41) is 6.22. The molecule has 0 unspecified atom stereocenters. The Labute approximate surface area is 222 Å². The first-order chi connectivity index (χ1) is 18.9. The van der Waals surface area contributed by atoms with Gasteiger partial charge in [-0.1, -0.05) is 97.1 Å². The zero-order valence-corrected chi connectivity index (χ0v) is 21.0. The molecule has 1 aliphatic carbocycles. The van der Waals surface area contributed by atoms with Gasteiger partial charge in [-0.2, -0.15) is 0 Å².